The summed E-state index contributed by atoms with van der Waals surface area (Å²) in [4.78, 5) is 0. The van der Waals surface area contributed by atoms with Crippen LogP contribution < -0.4 is 0 Å². The van der Waals surface area contributed by atoms with Gasteiger partial charge in [-0.05, 0) is 37.3 Å². The minimum Gasteiger partial charge on any atom is -0.464 e. The van der Waals surface area contributed by atoms with Gasteiger partial charge in [0.1, 0.15) is 11.5 Å². The van der Waals surface area contributed by atoms with Crippen molar-refractivity contribution in [2.75, 3.05) is 20.1 Å². The molecule has 0 spiro atoms. The fraction of sp³-hybridized carbons (Fsp3) is 0.733. The van der Waals surface area contributed by atoms with Gasteiger partial charge in [0, 0.05) is 26.1 Å². The Morgan fingerprint density at radius 2 is 1.95 bits per heavy atom. The number of piperidine rings is 1. The lowest BCUT2D eigenvalue weighted by molar-refractivity contribution is 0.305. The van der Waals surface area contributed by atoms with Crippen LogP contribution in [-0.2, 0) is 16.8 Å². The Hall–Kier alpha value is -0.850. The summed E-state index contributed by atoms with van der Waals surface area (Å²) in [5, 5.41) is 0. The summed E-state index contributed by atoms with van der Waals surface area (Å²) in [5.41, 5.74) is 0. The third-order valence-electron chi connectivity index (χ3n) is 4.57. The predicted octanol–water partition coefficient (Wildman–Crippen LogP) is 2.57. The second-order valence-corrected chi connectivity index (χ2v) is 8.38. The molecular formula is C15H24N2O3S. The van der Waals surface area contributed by atoms with Gasteiger partial charge >= 0.3 is 0 Å². The molecule has 1 aliphatic heterocycles. The molecule has 2 heterocycles. The van der Waals surface area contributed by atoms with E-state index in [0.29, 0.717) is 31.5 Å². The fourth-order valence-electron chi connectivity index (χ4n) is 2.99. The van der Waals surface area contributed by atoms with E-state index in [4.69, 9.17) is 4.42 Å². The van der Waals surface area contributed by atoms with Crippen LogP contribution in [0.1, 0.15) is 50.0 Å². The third-order valence-corrected chi connectivity index (χ3v) is 6.51. The second-order valence-electron chi connectivity index (χ2n) is 6.35. The van der Waals surface area contributed by atoms with Crippen molar-refractivity contribution in [2.45, 2.75) is 45.1 Å². The number of nitrogens with zero attached hydrogens (tertiary/aromatic N) is 2. The summed E-state index contributed by atoms with van der Waals surface area (Å²) in [6.45, 7) is 3.78. The summed E-state index contributed by atoms with van der Waals surface area (Å²) in [6, 6.07) is 3.90. The van der Waals surface area contributed by atoms with Crippen molar-refractivity contribution in [1.82, 2.24) is 8.61 Å². The van der Waals surface area contributed by atoms with E-state index in [9.17, 15) is 8.42 Å². The Morgan fingerprint density at radius 3 is 2.57 bits per heavy atom. The molecule has 21 heavy (non-hydrogen) atoms. The molecular weight excluding hydrogens is 288 g/mol. The molecule has 3 rings (SSSR count). The van der Waals surface area contributed by atoms with E-state index in [0.717, 1.165) is 30.8 Å². The normalized spacial score (nSPS) is 27.2. The van der Waals surface area contributed by atoms with Crippen molar-refractivity contribution < 1.29 is 12.8 Å². The molecule has 1 aromatic heterocycles. The number of furan rings is 1. The number of hydrogen-bond acceptors (Lipinski definition) is 3. The topological polar surface area (TPSA) is 53.8 Å². The van der Waals surface area contributed by atoms with Crippen LogP contribution in [-0.4, -0.2) is 37.2 Å². The summed E-state index contributed by atoms with van der Waals surface area (Å²) < 4.78 is 33.8. The molecule has 0 radical (unpaired) electrons. The van der Waals surface area contributed by atoms with Crippen LogP contribution in [0.5, 0.6) is 0 Å². The molecule has 2 atom stereocenters. The molecule has 2 aliphatic rings. The number of hydrogen-bond donors (Lipinski definition) is 0. The highest BCUT2D eigenvalue weighted by atomic mass is 32.2. The molecule has 0 amide bonds. The molecule has 0 N–H and O–H groups in total. The summed E-state index contributed by atoms with van der Waals surface area (Å²) in [5.74, 6) is 2.95. The molecule has 5 nitrogen and oxygen atoms in total. The quantitative estimate of drug-likeness (QED) is 0.839. The van der Waals surface area contributed by atoms with E-state index in [1.54, 1.807) is 11.4 Å². The van der Waals surface area contributed by atoms with Gasteiger partial charge in [0.05, 0.1) is 6.54 Å². The van der Waals surface area contributed by atoms with Crippen LogP contribution in [0.2, 0.25) is 0 Å². The average molecular weight is 312 g/mol. The zero-order valence-electron chi connectivity index (χ0n) is 12.8. The second kappa shape index (κ2) is 5.74. The predicted molar refractivity (Wildman–Crippen MR) is 81.0 cm³/mol. The highest BCUT2D eigenvalue weighted by molar-refractivity contribution is 7.86. The third kappa shape index (κ3) is 3.17. The zero-order valence-corrected chi connectivity index (χ0v) is 13.6. The van der Waals surface area contributed by atoms with Crippen molar-refractivity contribution in [3.05, 3.63) is 23.7 Å². The first-order valence-corrected chi connectivity index (χ1v) is 9.18. The molecule has 1 saturated heterocycles. The van der Waals surface area contributed by atoms with Gasteiger partial charge in [0.2, 0.25) is 0 Å². The summed E-state index contributed by atoms with van der Waals surface area (Å²) in [7, 11) is -1.73. The van der Waals surface area contributed by atoms with E-state index < -0.39 is 10.2 Å². The molecule has 118 valence electrons. The standard InChI is InChI=1S/C15H24N2O3S/c1-12-10-14(12)15-7-6-13(20-15)11-16(2)21(18,19)17-8-4-3-5-9-17/h6-7,12,14H,3-5,8-11H2,1-2H3/t12-,14+/m1/s1. The monoisotopic (exact) mass is 312 g/mol. The molecule has 6 heteroatoms. The average Bonchev–Trinajstić information content (AvgIpc) is 3.02. The molecule has 0 bridgehead atoms. The lowest BCUT2D eigenvalue weighted by Gasteiger charge is -2.29. The molecule has 0 aromatic carbocycles. The van der Waals surface area contributed by atoms with E-state index in [1.807, 2.05) is 12.1 Å². The lowest BCUT2D eigenvalue weighted by atomic mass is 10.2. The Bertz CT molecular complexity index is 590. The van der Waals surface area contributed by atoms with Crippen molar-refractivity contribution in [3.8, 4) is 0 Å². The van der Waals surface area contributed by atoms with E-state index in [1.165, 1.54) is 10.7 Å². The van der Waals surface area contributed by atoms with Gasteiger partial charge in [-0.15, -0.1) is 0 Å². The van der Waals surface area contributed by atoms with Gasteiger partial charge < -0.3 is 4.42 Å². The smallest absolute Gasteiger partial charge is 0.282 e. The van der Waals surface area contributed by atoms with Crippen LogP contribution in [0.15, 0.2) is 16.5 Å². The lowest BCUT2D eigenvalue weighted by Crippen LogP contribution is -2.43. The molecule has 2 fully saturated rings. The Morgan fingerprint density at radius 1 is 1.29 bits per heavy atom. The highest BCUT2D eigenvalue weighted by Crippen LogP contribution is 2.47. The Kier molecular flexibility index (Phi) is 4.12. The van der Waals surface area contributed by atoms with Crippen LogP contribution in [0.4, 0.5) is 0 Å². The minimum absolute atomic E-state index is 0.305. The van der Waals surface area contributed by atoms with Crippen LogP contribution in [0, 0.1) is 5.92 Å². The maximum Gasteiger partial charge on any atom is 0.282 e. The van der Waals surface area contributed by atoms with Gasteiger partial charge in [-0.2, -0.15) is 17.0 Å². The van der Waals surface area contributed by atoms with Crippen molar-refractivity contribution in [2.24, 2.45) is 5.92 Å². The largest absolute Gasteiger partial charge is 0.464 e. The van der Waals surface area contributed by atoms with Crippen LogP contribution in [0.3, 0.4) is 0 Å². The van der Waals surface area contributed by atoms with Crippen molar-refractivity contribution in [3.63, 3.8) is 0 Å². The first kappa shape index (κ1) is 15.1. The summed E-state index contributed by atoms with van der Waals surface area (Å²) >= 11 is 0. The Balaban J connectivity index is 1.64. The van der Waals surface area contributed by atoms with Crippen LogP contribution >= 0.6 is 0 Å². The molecule has 1 aromatic rings. The SMILES string of the molecule is C[C@@H]1C[C@@H]1c1ccc(CN(C)S(=O)(=O)N2CCCCC2)o1. The van der Waals surface area contributed by atoms with Gasteiger partial charge in [0.15, 0.2) is 0 Å². The van der Waals surface area contributed by atoms with Gasteiger partial charge in [-0.1, -0.05) is 13.3 Å². The van der Waals surface area contributed by atoms with Crippen molar-refractivity contribution in [1.29, 1.82) is 0 Å². The van der Waals surface area contributed by atoms with Crippen LogP contribution in [0.25, 0.3) is 0 Å². The maximum absolute atomic E-state index is 12.5. The summed E-state index contributed by atoms with van der Waals surface area (Å²) in [6.07, 6.45) is 4.21. The highest BCUT2D eigenvalue weighted by Gasteiger charge is 2.37. The van der Waals surface area contributed by atoms with E-state index in [2.05, 4.69) is 6.92 Å². The van der Waals surface area contributed by atoms with Crippen molar-refractivity contribution >= 4 is 10.2 Å². The molecule has 0 unspecified atom stereocenters. The van der Waals surface area contributed by atoms with Gasteiger partial charge in [-0.3, -0.25) is 0 Å². The van der Waals surface area contributed by atoms with E-state index >= 15 is 0 Å². The van der Waals surface area contributed by atoms with E-state index in [-0.39, 0.29) is 0 Å². The van der Waals surface area contributed by atoms with Gasteiger partial charge in [0.25, 0.3) is 10.2 Å². The first-order chi connectivity index (χ1) is 9.98. The molecule has 1 saturated carbocycles. The fourth-order valence-corrected chi connectivity index (χ4v) is 4.40. The minimum atomic E-state index is -3.36. The zero-order chi connectivity index (χ0) is 15.0. The number of rotatable bonds is 5. The molecule has 1 aliphatic carbocycles. The maximum atomic E-state index is 12.5. The first-order valence-electron chi connectivity index (χ1n) is 7.78. The Labute approximate surface area is 127 Å². The van der Waals surface area contributed by atoms with Gasteiger partial charge in [-0.25, -0.2) is 0 Å².